The van der Waals surface area contributed by atoms with Gasteiger partial charge >= 0.3 is 0 Å². The van der Waals surface area contributed by atoms with Crippen LogP contribution in [0.3, 0.4) is 0 Å². The van der Waals surface area contributed by atoms with E-state index in [4.69, 9.17) is 5.73 Å². The summed E-state index contributed by atoms with van der Waals surface area (Å²) in [6, 6.07) is 10.8. The minimum atomic E-state index is 0.826. The van der Waals surface area contributed by atoms with E-state index in [1.807, 2.05) is 32.9 Å². The fourth-order valence-corrected chi connectivity index (χ4v) is 3.38. The molecule has 0 atom stereocenters. The standard InChI is InChI=1S/C22H33N3.C2H6/c1-3-4-12-22(19(2)23)24-15-8-11-20-13-16-25(17-14-20)18-21-9-6-5-7-10-21;1-2/h3-7,9-10,12,20,24H,1,8,11,13-18,23H2,2H3;1-2H3/b12-4-,22-19-;. The van der Waals surface area contributed by atoms with Crippen LogP contribution < -0.4 is 11.1 Å². The monoisotopic (exact) mass is 369 g/mol. The molecule has 0 aromatic heterocycles. The minimum absolute atomic E-state index is 0.826. The average molecular weight is 370 g/mol. The van der Waals surface area contributed by atoms with Crippen molar-refractivity contribution in [2.24, 2.45) is 11.7 Å². The Bertz CT molecular complexity index is 563. The van der Waals surface area contributed by atoms with Gasteiger partial charge in [-0.05, 0) is 63.3 Å². The van der Waals surface area contributed by atoms with Gasteiger partial charge < -0.3 is 11.1 Å². The van der Waals surface area contributed by atoms with Crippen LogP contribution in [0.15, 0.2) is 66.5 Å². The van der Waals surface area contributed by atoms with E-state index in [9.17, 15) is 0 Å². The summed E-state index contributed by atoms with van der Waals surface area (Å²) in [5.41, 5.74) is 9.17. The van der Waals surface area contributed by atoms with Crippen LogP contribution in [0, 0.1) is 5.92 Å². The predicted octanol–water partition coefficient (Wildman–Crippen LogP) is 5.23. The van der Waals surface area contributed by atoms with Crippen molar-refractivity contribution in [2.45, 2.75) is 53.0 Å². The molecule has 1 aliphatic heterocycles. The van der Waals surface area contributed by atoms with Gasteiger partial charge in [-0.15, -0.1) is 0 Å². The third kappa shape index (κ3) is 9.48. The third-order valence-electron chi connectivity index (χ3n) is 4.88. The molecule has 1 aromatic rings. The number of nitrogens with zero attached hydrogens (tertiary/aromatic N) is 1. The lowest BCUT2D eigenvalue weighted by Gasteiger charge is -2.32. The molecule has 2 rings (SSSR count). The lowest BCUT2D eigenvalue weighted by atomic mass is 9.92. The molecule has 0 bridgehead atoms. The molecule has 3 nitrogen and oxygen atoms in total. The second-order valence-electron chi connectivity index (χ2n) is 6.97. The summed E-state index contributed by atoms with van der Waals surface area (Å²) in [6.07, 6.45) is 10.8. The molecular weight excluding hydrogens is 330 g/mol. The van der Waals surface area contributed by atoms with Crippen molar-refractivity contribution in [2.75, 3.05) is 19.6 Å². The highest BCUT2D eigenvalue weighted by Crippen LogP contribution is 2.22. The largest absolute Gasteiger partial charge is 0.401 e. The van der Waals surface area contributed by atoms with E-state index in [1.54, 1.807) is 6.08 Å². The van der Waals surface area contributed by atoms with Crippen molar-refractivity contribution < 1.29 is 0 Å². The number of rotatable bonds is 9. The van der Waals surface area contributed by atoms with E-state index in [1.165, 1.54) is 44.3 Å². The predicted molar refractivity (Wildman–Crippen MR) is 119 cm³/mol. The molecule has 0 amide bonds. The van der Waals surface area contributed by atoms with Gasteiger partial charge in [-0.25, -0.2) is 0 Å². The molecule has 27 heavy (non-hydrogen) atoms. The maximum atomic E-state index is 5.91. The first kappa shape index (κ1) is 23.0. The molecule has 0 spiro atoms. The second kappa shape index (κ2) is 14.1. The van der Waals surface area contributed by atoms with Crippen molar-refractivity contribution in [3.05, 3.63) is 72.1 Å². The molecule has 1 aromatic carbocycles. The summed E-state index contributed by atoms with van der Waals surface area (Å²) in [5, 5.41) is 3.44. The maximum Gasteiger partial charge on any atom is 0.0528 e. The number of nitrogens with two attached hydrogens (primary N) is 1. The van der Waals surface area contributed by atoms with Crippen LogP contribution in [0.5, 0.6) is 0 Å². The number of allylic oxidation sites excluding steroid dienone is 4. The first-order valence-corrected chi connectivity index (χ1v) is 10.4. The molecule has 1 heterocycles. The van der Waals surface area contributed by atoms with Crippen LogP contribution in [0.25, 0.3) is 0 Å². The lowest BCUT2D eigenvalue weighted by Crippen LogP contribution is -2.33. The summed E-state index contributed by atoms with van der Waals surface area (Å²) in [4.78, 5) is 2.59. The Morgan fingerprint density at radius 2 is 1.89 bits per heavy atom. The zero-order chi connectivity index (χ0) is 19.9. The van der Waals surface area contributed by atoms with Crippen LogP contribution in [-0.4, -0.2) is 24.5 Å². The Hall–Kier alpha value is -2.00. The number of hydrogen-bond acceptors (Lipinski definition) is 3. The Labute approximate surface area is 167 Å². The molecule has 3 heteroatoms. The van der Waals surface area contributed by atoms with Crippen molar-refractivity contribution in [1.29, 1.82) is 0 Å². The van der Waals surface area contributed by atoms with Crippen LogP contribution in [-0.2, 0) is 6.54 Å². The fraction of sp³-hybridized carbons (Fsp3) is 0.500. The molecule has 1 fully saturated rings. The van der Waals surface area contributed by atoms with Gasteiger partial charge in [-0.2, -0.15) is 0 Å². The number of nitrogens with one attached hydrogen (secondary N) is 1. The number of piperidine rings is 1. The van der Waals surface area contributed by atoms with E-state index in [0.717, 1.165) is 30.4 Å². The SMILES string of the molecule is C=C/C=C\C(NCCCC1CCN(Cc2ccccc2)CC1)=C(/C)N.CC. The first-order chi connectivity index (χ1) is 13.2. The maximum absolute atomic E-state index is 5.91. The van der Waals surface area contributed by atoms with E-state index < -0.39 is 0 Å². The molecule has 0 saturated carbocycles. The van der Waals surface area contributed by atoms with Crippen LogP contribution in [0.4, 0.5) is 0 Å². The molecule has 3 N–H and O–H groups in total. The highest BCUT2D eigenvalue weighted by atomic mass is 15.1. The third-order valence-corrected chi connectivity index (χ3v) is 4.88. The normalized spacial score (nSPS) is 16.4. The summed E-state index contributed by atoms with van der Waals surface area (Å²) in [5.74, 6) is 0.865. The quantitative estimate of drug-likeness (QED) is 0.463. The van der Waals surface area contributed by atoms with Crippen molar-refractivity contribution in [3.63, 3.8) is 0 Å². The number of benzene rings is 1. The minimum Gasteiger partial charge on any atom is -0.401 e. The highest BCUT2D eigenvalue weighted by molar-refractivity contribution is 5.23. The Morgan fingerprint density at radius 1 is 1.22 bits per heavy atom. The molecule has 0 aliphatic carbocycles. The van der Waals surface area contributed by atoms with Crippen molar-refractivity contribution in [3.8, 4) is 0 Å². The Kier molecular flexibility index (Phi) is 12.0. The van der Waals surface area contributed by atoms with Crippen molar-refractivity contribution in [1.82, 2.24) is 10.2 Å². The van der Waals surface area contributed by atoms with Gasteiger partial charge in [0.15, 0.2) is 0 Å². The smallest absolute Gasteiger partial charge is 0.0528 e. The fourth-order valence-electron chi connectivity index (χ4n) is 3.38. The van der Waals surface area contributed by atoms with Gasteiger partial charge in [0.1, 0.15) is 0 Å². The summed E-state index contributed by atoms with van der Waals surface area (Å²) in [7, 11) is 0. The summed E-state index contributed by atoms with van der Waals surface area (Å²) in [6.45, 7) is 14.2. The highest BCUT2D eigenvalue weighted by Gasteiger charge is 2.18. The van der Waals surface area contributed by atoms with Gasteiger partial charge in [-0.3, -0.25) is 4.90 Å². The van der Waals surface area contributed by atoms with Crippen LogP contribution in [0.2, 0.25) is 0 Å². The number of hydrogen-bond donors (Lipinski definition) is 2. The first-order valence-electron chi connectivity index (χ1n) is 10.4. The topological polar surface area (TPSA) is 41.3 Å². The number of likely N-dealkylation sites (tertiary alicyclic amines) is 1. The van der Waals surface area contributed by atoms with Gasteiger partial charge in [0.25, 0.3) is 0 Å². The van der Waals surface area contributed by atoms with E-state index in [0.29, 0.717) is 0 Å². The molecule has 0 radical (unpaired) electrons. The van der Waals surface area contributed by atoms with E-state index in [-0.39, 0.29) is 0 Å². The van der Waals surface area contributed by atoms with Crippen LogP contribution >= 0.6 is 0 Å². The van der Waals surface area contributed by atoms with Gasteiger partial charge in [0.2, 0.25) is 0 Å². The lowest BCUT2D eigenvalue weighted by molar-refractivity contribution is 0.171. The zero-order valence-corrected chi connectivity index (χ0v) is 17.6. The van der Waals surface area contributed by atoms with E-state index >= 15 is 0 Å². The molecule has 1 aliphatic rings. The van der Waals surface area contributed by atoms with Gasteiger partial charge in [-0.1, -0.05) is 62.9 Å². The Morgan fingerprint density at radius 3 is 2.48 bits per heavy atom. The second-order valence-corrected chi connectivity index (χ2v) is 6.97. The zero-order valence-electron chi connectivity index (χ0n) is 17.6. The van der Waals surface area contributed by atoms with E-state index in [2.05, 4.69) is 47.1 Å². The summed E-state index contributed by atoms with van der Waals surface area (Å²) >= 11 is 0. The summed E-state index contributed by atoms with van der Waals surface area (Å²) < 4.78 is 0. The molecule has 0 unspecified atom stereocenters. The van der Waals surface area contributed by atoms with Crippen molar-refractivity contribution >= 4 is 0 Å². The molecule has 1 saturated heterocycles. The average Bonchev–Trinajstić information content (AvgIpc) is 2.70. The van der Waals surface area contributed by atoms with Gasteiger partial charge in [0.05, 0.1) is 5.70 Å². The molecular formula is C24H39N3. The molecule has 150 valence electrons. The van der Waals surface area contributed by atoms with Gasteiger partial charge in [0, 0.05) is 18.8 Å². The van der Waals surface area contributed by atoms with Crippen LogP contribution in [0.1, 0.15) is 52.0 Å². The Balaban J connectivity index is 0.00000176.